The molecule has 2 rings (SSSR count). The van der Waals surface area contributed by atoms with Crippen LogP contribution in [0.5, 0.6) is 0 Å². The first-order valence-corrected chi connectivity index (χ1v) is 8.06. The van der Waals surface area contributed by atoms with Gasteiger partial charge >= 0.3 is 0 Å². The number of nitriles is 1. The molecule has 0 saturated carbocycles. The van der Waals surface area contributed by atoms with Crippen molar-refractivity contribution in [2.45, 2.75) is 31.2 Å². The number of nitrogens with zero attached hydrogens (tertiary/aromatic N) is 2. The fraction of sp³-hybridized carbons (Fsp3) is 0.500. The van der Waals surface area contributed by atoms with Gasteiger partial charge in [0.15, 0.2) is 0 Å². The number of sulfonamides is 1. The molecule has 6 heteroatoms. The minimum atomic E-state index is -3.51. The van der Waals surface area contributed by atoms with Crippen LogP contribution in [-0.2, 0) is 10.0 Å². The van der Waals surface area contributed by atoms with Gasteiger partial charge in [0.2, 0.25) is 10.0 Å². The van der Waals surface area contributed by atoms with Crippen molar-refractivity contribution < 1.29 is 8.42 Å². The maximum Gasteiger partial charge on any atom is 0.243 e. The number of hydrogen-bond donors (Lipinski definition) is 1. The summed E-state index contributed by atoms with van der Waals surface area (Å²) >= 11 is 0. The molecule has 20 heavy (non-hydrogen) atoms. The lowest BCUT2D eigenvalue weighted by Gasteiger charge is -2.21. The van der Waals surface area contributed by atoms with Crippen molar-refractivity contribution in [1.82, 2.24) is 4.31 Å². The van der Waals surface area contributed by atoms with Crippen LogP contribution in [0.25, 0.3) is 0 Å². The molecular formula is C14H19N3O2S. The number of hydrogen-bond acceptors (Lipinski definition) is 4. The highest BCUT2D eigenvalue weighted by molar-refractivity contribution is 7.89. The second kappa shape index (κ2) is 5.52. The Morgan fingerprint density at radius 2 is 2.20 bits per heavy atom. The second-order valence-corrected chi connectivity index (χ2v) is 7.24. The van der Waals surface area contributed by atoms with Gasteiger partial charge in [-0.05, 0) is 56.5 Å². The lowest BCUT2D eigenvalue weighted by Crippen LogP contribution is -2.34. The van der Waals surface area contributed by atoms with Gasteiger partial charge in [0.25, 0.3) is 0 Å². The summed E-state index contributed by atoms with van der Waals surface area (Å²) in [5.74, 6) is 0.222. The van der Waals surface area contributed by atoms with E-state index in [2.05, 4.69) is 0 Å². The van der Waals surface area contributed by atoms with Gasteiger partial charge in [-0.1, -0.05) is 0 Å². The van der Waals surface area contributed by atoms with Gasteiger partial charge in [-0.3, -0.25) is 0 Å². The summed E-state index contributed by atoms with van der Waals surface area (Å²) in [5.41, 5.74) is 6.82. The Hall–Kier alpha value is -1.42. The molecule has 0 aromatic heterocycles. The molecule has 0 aliphatic carbocycles. The van der Waals surface area contributed by atoms with Crippen molar-refractivity contribution in [3.63, 3.8) is 0 Å². The van der Waals surface area contributed by atoms with Gasteiger partial charge in [0, 0.05) is 12.6 Å². The quantitative estimate of drug-likeness (QED) is 0.908. The fourth-order valence-corrected chi connectivity index (χ4v) is 4.48. The third kappa shape index (κ3) is 2.57. The molecule has 0 spiro atoms. The third-order valence-electron chi connectivity index (χ3n) is 3.86. The minimum absolute atomic E-state index is 0.0375. The van der Waals surface area contributed by atoms with Crippen molar-refractivity contribution in [2.75, 3.05) is 13.1 Å². The molecule has 1 aromatic rings. The van der Waals surface area contributed by atoms with Crippen molar-refractivity contribution >= 4 is 10.0 Å². The standard InChI is InChI=1S/C14H19N3O2S/c1-10-5-14(4-3-13(10)8-16)20(18,19)17-9-12(7-15)6-11(17)2/h3-5,11-12H,6-7,9,15H2,1-2H3. The van der Waals surface area contributed by atoms with Gasteiger partial charge in [-0.25, -0.2) is 8.42 Å². The Labute approximate surface area is 120 Å². The summed E-state index contributed by atoms with van der Waals surface area (Å²) in [5, 5.41) is 8.91. The van der Waals surface area contributed by atoms with Gasteiger partial charge in [-0.2, -0.15) is 9.57 Å². The molecule has 1 aliphatic heterocycles. The largest absolute Gasteiger partial charge is 0.330 e. The van der Waals surface area contributed by atoms with E-state index in [0.717, 1.165) is 6.42 Å². The predicted molar refractivity (Wildman–Crippen MR) is 76.4 cm³/mol. The van der Waals surface area contributed by atoms with Crippen LogP contribution < -0.4 is 5.73 Å². The van der Waals surface area contributed by atoms with E-state index in [-0.39, 0.29) is 16.9 Å². The van der Waals surface area contributed by atoms with E-state index in [1.807, 2.05) is 13.0 Å². The van der Waals surface area contributed by atoms with Crippen molar-refractivity contribution in [3.8, 4) is 6.07 Å². The predicted octanol–water partition coefficient (Wildman–Crippen LogP) is 1.22. The summed E-state index contributed by atoms with van der Waals surface area (Å²) in [7, 11) is -3.51. The first-order chi connectivity index (χ1) is 9.40. The molecule has 1 saturated heterocycles. The van der Waals surface area contributed by atoms with Gasteiger partial charge in [0.1, 0.15) is 0 Å². The van der Waals surface area contributed by atoms with E-state index in [9.17, 15) is 8.42 Å². The summed E-state index contributed by atoms with van der Waals surface area (Å²) in [6, 6.07) is 6.63. The third-order valence-corrected chi connectivity index (χ3v) is 5.84. The monoisotopic (exact) mass is 293 g/mol. The number of nitrogens with two attached hydrogens (primary N) is 1. The first kappa shape index (κ1) is 15.0. The van der Waals surface area contributed by atoms with Crippen LogP contribution >= 0.6 is 0 Å². The normalized spacial score (nSPS) is 23.7. The zero-order valence-corrected chi connectivity index (χ0v) is 12.5. The molecule has 108 valence electrons. The van der Waals surface area contributed by atoms with Crippen LogP contribution in [-0.4, -0.2) is 31.9 Å². The van der Waals surface area contributed by atoms with Crippen LogP contribution in [0.4, 0.5) is 0 Å². The van der Waals surface area contributed by atoms with E-state index in [4.69, 9.17) is 11.0 Å². The molecule has 2 unspecified atom stereocenters. The summed E-state index contributed by atoms with van der Waals surface area (Å²) < 4.78 is 26.8. The fourth-order valence-electron chi connectivity index (χ4n) is 2.67. The molecule has 1 aromatic carbocycles. The van der Waals surface area contributed by atoms with Crippen molar-refractivity contribution in [3.05, 3.63) is 29.3 Å². The molecule has 1 heterocycles. The topological polar surface area (TPSA) is 87.2 Å². The molecule has 2 N–H and O–H groups in total. The summed E-state index contributed by atoms with van der Waals surface area (Å²) in [6.07, 6.45) is 0.797. The Bertz CT molecular complexity index is 649. The molecule has 1 aliphatic rings. The maximum atomic E-state index is 12.7. The van der Waals surface area contributed by atoms with Crippen LogP contribution in [0, 0.1) is 24.2 Å². The van der Waals surface area contributed by atoms with E-state index >= 15 is 0 Å². The number of aryl methyl sites for hydroxylation is 1. The van der Waals surface area contributed by atoms with Crippen molar-refractivity contribution in [2.24, 2.45) is 11.7 Å². The zero-order chi connectivity index (χ0) is 14.9. The lowest BCUT2D eigenvalue weighted by molar-refractivity contribution is 0.404. The Balaban J connectivity index is 2.36. The lowest BCUT2D eigenvalue weighted by atomic mass is 10.1. The SMILES string of the molecule is Cc1cc(S(=O)(=O)N2CC(CN)CC2C)ccc1C#N. The van der Waals surface area contributed by atoms with Gasteiger partial charge in [0.05, 0.1) is 16.5 Å². The first-order valence-electron chi connectivity index (χ1n) is 6.62. The van der Waals surface area contributed by atoms with E-state index in [1.54, 1.807) is 19.1 Å². The highest BCUT2D eigenvalue weighted by Gasteiger charge is 2.37. The van der Waals surface area contributed by atoms with Crippen LogP contribution in [0.1, 0.15) is 24.5 Å². The molecule has 5 nitrogen and oxygen atoms in total. The average molecular weight is 293 g/mol. The van der Waals surface area contributed by atoms with E-state index < -0.39 is 10.0 Å². The number of benzene rings is 1. The molecule has 0 bridgehead atoms. The molecular weight excluding hydrogens is 274 g/mol. The second-order valence-electron chi connectivity index (χ2n) is 5.35. The van der Waals surface area contributed by atoms with Gasteiger partial charge in [-0.15, -0.1) is 0 Å². The van der Waals surface area contributed by atoms with Crippen LogP contribution in [0.15, 0.2) is 23.1 Å². The molecule has 2 atom stereocenters. The van der Waals surface area contributed by atoms with Gasteiger partial charge < -0.3 is 5.73 Å². The maximum absolute atomic E-state index is 12.7. The highest BCUT2D eigenvalue weighted by atomic mass is 32.2. The smallest absolute Gasteiger partial charge is 0.243 e. The Morgan fingerprint density at radius 1 is 1.50 bits per heavy atom. The summed E-state index contributed by atoms with van der Waals surface area (Å²) in [6.45, 7) is 4.62. The van der Waals surface area contributed by atoms with Crippen molar-refractivity contribution in [1.29, 1.82) is 5.26 Å². The van der Waals surface area contributed by atoms with Crippen LogP contribution in [0.2, 0.25) is 0 Å². The van der Waals surface area contributed by atoms with E-state index in [1.165, 1.54) is 10.4 Å². The number of rotatable bonds is 3. The average Bonchev–Trinajstić information content (AvgIpc) is 2.80. The Kier molecular flexibility index (Phi) is 4.14. The van der Waals surface area contributed by atoms with Crippen LogP contribution in [0.3, 0.4) is 0 Å². The molecule has 0 radical (unpaired) electrons. The molecule has 0 amide bonds. The molecule has 1 fully saturated rings. The van der Waals surface area contributed by atoms with E-state index in [0.29, 0.717) is 24.2 Å². The highest BCUT2D eigenvalue weighted by Crippen LogP contribution is 2.29. The minimum Gasteiger partial charge on any atom is -0.330 e. The summed E-state index contributed by atoms with van der Waals surface area (Å²) in [4.78, 5) is 0.249. The zero-order valence-electron chi connectivity index (χ0n) is 11.7. The Morgan fingerprint density at radius 3 is 2.70 bits per heavy atom.